The van der Waals surface area contributed by atoms with Crippen molar-refractivity contribution in [2.24, 2.45) is 0 Å². The molecule has 1 unspecified atom stereocenters. The Morgan fingerprint density at radius 3 is 2.82 bits per heavy atom. The Labute approximate surface area is 140 Å². The first-order valence-corrected chi connectivity index (χ1v) is 9.60. The van der Waals surface area contributed by atoms with Gasteiger partial charge in [-0.1, -0.05) is 0 Å². The van der Waals surface area contributed by atoms with Crippen LogP contribution >= 0.6 is 23.5 Å². The molecule has 0 aromatic heterocycles. The monoisotopic (exact) mass is 342 g/mol. The van der Waals surface area contributed by atoms with Crippen LogP contribution in [0.4, 0.5) is 4.39 Å². The molecule has 0 saturated carbocycles. The number of thioether (sulfide) groups is 2. The summed E-state index contributed by atoms with van der Waals surface area (Å²) in [6.45, 7) is 1.74. The lowest BCUT2D eigenvalue weighted by atomic mass is 10.2. The Morgan fingerprint density at radius 2 is 2.14 bits per heavy atom. The number of rotatable bonds is 5. The van der Waals surface area contributed by atoms with Crippen LogP contribution in [-0.2, 0) is 4.79 Å². The maximum Gasteiger partial charge on any atom is 0.233 e. The van der Waals surface area contributed by atoms with E-state index in [4.69, 9.17) is 0 Å². The van der Waals surface area contributed by atoms with Gasteiger partial charge in [0, 0.05) is 23.7 Å². The number of carbonyl (C=O) groups excluding carboxylic acids is 1. The minimum Gasteiger partial charge on any atom is -0.337 e. The highest BCUT2D eigenvalue weighted by molar-refractivity contribution is 8.00. The highest BCUT2D eigenvalue weighted by Crippen LogP contribution is 2.22. The van der Waals surface area contributed by atoms with Crippen LogP contribution in [0.5, 0.6) is 0 Å². The Morgan fingerprint density at radius 1 is 1.41 bits per heavy atom. The van der Waals surface area contributed by atoms with E-state index in [2.05, 4.69) is 4.90 Å². The van der Waals surface area contributed by atoms with E-state index >= 15 is 0 Å². The van der Waals surface area contributed by atoms with Crippen LogP contribution in [-0.4, -0.2) is 66.2 Å². The normalized spacial score (nSPS) is 19.3. The Kier molecular flexibility index (Phi) is 7.05. The zero-order valence-corrected chi connectivity index (χ0v) is 14.8. The van der Waals surface area contributed by atoms with Crippen LogP contribution in [0, 0.1) is 5.82 Å². The quantitative estimate of drug-likeness (QED) is 0.768. The first-order valence-electron chi connectivity index (χ1n) is 7.46. The van der Waals surface area contributed by atoms with Gasteiger partial charge in [0.15, 0.2) is 0 Å². The molecule has 0 aliphatic carbocycles. The summed E-state index contributed by atoms with van der Waals surface area (Å²) in [4.78, 5) is 17.7. The highest BCUT2D eigenvalue weighted by Gasteiger charge is 2.25. The summed E-state index contributed by atoms with van der Waals surface area (Å²) in [6.07, 6.45) is 1.06. The minimum absolute atomic E-state index is 0.184. The molecule has 6 heteroatoms. The first kappa shape index (κ1) is 17.6. The van der Waals surface area contributed by atoms with Crippen LogP contribution in [0.3, 0.4) is 0 Å². The van der Waals surface area contributed by atoms with Gasteiger partial charge in [0.1, 0.15) is 5.82 Å². The lowest BCUT2D eigenvalue weighted by Crippen LogP contribution is -2.47. The number of benzene rings is 1. The zero-order valence-electron chi connectivity index (χ0n) is 13.1. The summed E-state index contributed by atoms with van der Waals surface area (Å²) >= 11 is 3.41. The third-order valence-corrected chi connectivity index (χ3v) is 5.71. The molecule has 2 rings (SSSR count). The molecule has 1 atom stereocenters. The van der Waals surface area contributed by atoms with Crippen molar-refractivity contribution in [2.75, 3.05) is 44.4 Å². The fourth-order valence-corrected chi connectivity index (χ4v) is 4.33. The van der Waals surface area contributed by atoms with Gasteiger partial charge >= 0.3 is 0 Å². The molecule has 1 aliphatic rings. The van der Waals surface area contributed by atoms with Crippen LogP contribution in [0.2, 0.25) is 0 Å². The van der Waals surface area contributed by atoms with E-state index in [1.807, 2.05) is 30.8 Å². The molecule has 0 bridgehead atoms. The second kappa shape index (κ2) is 8.79. The fourth-order valence-electron chi connectivity index (χ4n) is 2.49. The summed E-state index contributed by atoms with van der Waals surface area (Å²) in [5.41, 5.74) is 0. The topological polar surface area (TPSA) is 23.6 Å². The summed E-state index contributed by atoms with van der Waals surface area (Å²) in [7, 11) is 4.09. The largest absolute Gasteiger partial charge is 0.337 e. The van der Waals surface area contributed by atoms with E-state index in [9.17, 15) is 9.18 Å². The van der Waals surface area contributed by atoms with Gasteiger partial charge in [-0.25, -0.2) is 4.39 Å². The Hall–Kier alpha value is -0.720. The molecule has 1 heterocycles. The van der Waals surface area contributed by atoms with Gasteiger partial charge in [-0.2, -0.15) is 11.8 Å². The lowest BCUT2D eigenvalue weighted by Gasteiger charge is -2.31. The van der Waals surface area contributed by atoms with Gasteiger partial charge in [-0.15, -0.1) is 11.8 Å². The molecular formula is C16H23FN2OS2. The predicted molar refractivity (Wildman–Crippen MR) is 93.1 cm³/mol. The van der Waals surface area contributed by atoms with Gasteiger partial charge in [0.05, 0.1) is 11.8 Å². The maximum atomic E-state index is 12.9. The predicted octanol–water partition coefficient (Wildman–Crippen LogP) is 2.81. The van der Waals surface area contributed by atoms with E-state index < -0.39 is 0 Å². The summed E-state index contributed by atoms with van der Waals surface area (Å²) < 4.78 is 12.9. The molecule has 0 spiro atoms. The molecular weight excluding hydrogens is 319 g/mol. The highest BCUT2D eigenvalue weighted by atomic mass is 32.2. The van der Waals surface area contributed by atoms with Gasteiger partial charge < -0.3 is 9.80 Å². The molecule has 1 aromatic carbocycles. The number of hydrogen-bond acceptors (Lipinski definition) is 4. The number of hydrogen-bond donors (Lipinski definition) is 0. The van der Waals surface area contributed by atoms with Crippen molar-refractivity contribution in [3.63, 3.8) is 0 Å². The molecule has 0 radical (unpaired) electrons. The van der Waals surface area contributed by atoms with Crippen LogP contribution in [0.15, 0.2) is 29.2 Å². The fraction of sp³-hybridized carbons (Fsp3) is 0.562. The van der Waals surface area contributed by atoms with Crippen LogP contribution < -0.4 is 0 Å². The number of amides is 1. The molecule has 122 valence electrons. The van der Waals surface area contributed by atoms with E-state index in [1.54, 1.807) is 12.1 Å². The smallest absolute Gasteiger partial charge is 0.233 e. The molecule has 1 aromatic rings. The SMILES string of the molecule is CN(C)CC1CSCCCN1C(=O)CSc1ccc(F)cc1. The Bertz CT molecular complexity index is 482. The molecule has 1 aliphatic heterocycles. The van der Waals surface area contributed by atoms with Crippen molar-refractivity contribution in [1.29, 1.82) is 0 Å². The van der Waals surface area contributed by atoms with Gasteiger partial charge in [0.25, 0.3) is 0 Å². The summed E-state index contributed by atoms with van der Waals surface area (Å²) in [6, 6.07) is 6.60. The van der Waals surface area contributed by atoms with E-state index in [0.29, 0.717) is 5.75 Å². The number of nitrogens with zero attached hydrogens (tertiary/aromatic N) is 2. The summed E-state index contributed by atoms with van der Waals surface area (Å²) in [5.74, 6) is 2.49. The average molecular weight is 343 g/mol. The Balaban J connectivity index is 1.93. The van der Waals surface area contributed by atoms with Crippen molar-refractivity contribution in [3.05, 3.63) is 30.1 Å². The zero-order chi connectivity index (χ0) is 15.9. The van der Waals surface area contributed by atoms with Gasteiger partial charge in [-0.05, 0) is 50.5 Å². The number of carbonyl (C=O) groups is 1. The lowest BCUT2D eigenvalue weighted by molar-refractivity contribution is -0.130. The van der Waals surface area contributed by atoms with Crippen LogP contribution in [0.25, 0.3) is 0 Å². The van der Waals surface area contributed by atoms with Gasteiger partial charge in [-0.3, -0.25) is 4.79 Å². The van der Waals surface area contributed by atoms with Gasteiger partial charge in [0.2, 0.25) is 5.91 Å². The van der Waals surface area contributed by atoms with Crippen LogP contribution in [0.1, 0.15) is 6.42 Å². The number of likely N-dealkylation sites (N-methyl/N-ethyl adjacent to an activating group) is 1. The summed E-state index contributed by atoms with van der Waals surface area (Å²) in [5, 5.41) is 0. The first-order chi connectivity index (χ1) is 10.6. The molecule has 0 N–H and O–H groups in total. The molecule has 1 saturated heterocycles. The number of halogens is 1. The maximum absolute atomic E-state index is 12.9. The molecule has 3 nitrogen and oxygen atoms in total. The molecule has 22 heavy (non-hydrogen) atoms. The average Bonchev–Trinajstić information content (AvgIpc) is 2.71. The standard InChI is InChI=1S/C16H23FN2OS2/c1-18(2)10-14-11-21-9-3-8-19(14)16(20)12-22-15-6-4-13(17)5-7-15/h4-7,14H,3,8-12H2,1-2H3. The minimum atomic E-state index is -0.244. The van der Waals surface area contributed by atoms with Crippen molar-refractivity contribution in [3.8, 4) is 0 Å². The van der Waals surface area contributed by atoms with Crippen molar-refractivity contribution < 1.29 is 9.18 Å². The van der Waals surface area contributed by atoms with Crippen molar-refractivity contribution >= 4 is 29.4 Å². The van der Waals surface area contributed by atoms with Crippen molar-refractivity contribution in [2.45, 2.75) is 17.4 Å². The van der Waals surface area contributed by atoms with E-state index in [0.717, 1.165) is 35.9 Å². The van der Waals surface area contributed by atoms with E-state index in [-0.39, 0.29) is 17.8 Å². The second-order valence-corrected chi connectivity index (χ2v) is 7.87. The molecule has 1 fully saturated rings. The second-order valence-electron chi connectivity index (χ2n) is 5.67. The van der Waals surface area contributed by atoms with E-state index in [1.165, 1.54) is 23.9 Å². The van der Waals surface area contributed by atoms with Crippen molar-refractivity contribution in [1.82, 2.24) is 9.80 Å². The third kappa shape index (κ3) is 5.48. The third-order valence-electron chi connectivity index (χ3n) is 3.51. The molecule has 1 amide bonds.